The van der Waals surface area contributed by atoms with Crippen LogP contribution in [0.25, 0.3) is 0 Å². The minimum absolute atomic E-state index is 0.187. The van der Waals surface area contributed by atoms with Gasteiger partial charge in [-0.2, -0.15) is 15.2 Å². The Balaban J connectivity index is 2.48. The second-order valence-corrected chi connectivity index (χ2v) is 4.59. The zero-order valence-corrected chi connectivity index (χ0v) is 11.8. The molecule has 102 valence electrons. The van der Waals surface area contributed by atoms with Gasteiger partial charge in [0.2, 0.25) is 0 Å². The third-order valence-electron chi connectivity index (χ3n) is 3.32. The zero-order valence-electron chi connectivity index (χ0n) is 11.8. The molecule has 19 heavy (non-hydrogen) atoms. The number of aryl methyl sites for hydroxylation is 1. The van der Waals surface area contributed by atoms with Crippen LogP contribution < -0.4 is 5.12 Å². The highest BCUT2D eigenvalue weighted by molar-refractivity contribution is 5.95. The molecule has 0 spiro atoms. The maximum atomic E-state index is 11.8. The lowest BCUT2D eigenvalue weighted by atomic mass is 10.2. The van der Waals surface area contributed by atoms with E-state index < -0.39 is 5.97 Å². The predicted molar refractivity (Wildman–Crippen MR) is 73.1 cm³/mol. The SMILES string of the molecule is COC(=O)c1nc(C)ccc1N1N=C(C)C(C)N1C. The largest absolute Gasteiger partial charge is 0.464 e. The highest BCUT2D eigenvalue weighted by Gasteiger charge is 2.30. The molecule has 2 heterocycles. The van der Waals surface area contributed by atoms with E-state index in [1.54, 1.807) is 5.12 Å². The number of rotatable bonds is 2. The number of hydrogen-bond donors (Lipinski definition) is 0. The molecule has 0 radical (unpaired) electrons. The summed E-state index contributed by atoms with van der Waals surface area (Å²) in [7, 11) is 3.27. The smallest absolute Gasteiger partial charge is 0.358 e. The molecule has 0 fully saturated rings. The number of pyridine rings is 1. The van der Waals surface area contributed by atoms with Crippen molar-refractivity contribution in [3.63, 3.8) is 0 Å². The molecule has 0 amide bonds. The topological polar surface area (TPSA) is 58.0 Å². The van der Waals surface area contributed by atoms with Gasteiger partial charge in [-0.3, -0.25) is 0 Å². The molecule has 6 nitrogen and oxygen atoms in total. The molecule has 1 aliphatic rings. The van der Waals surface area contributed by atoms with Crippen LogP contribution in [0.15, 0.2) is 17.2 Å². The lowest BCUT2D eigenvalue weighted by Crippen LogP contribution is -2.38. The number of nitrogens with zero attached hydrogens (tertiary/aromatic N) is 4. The van der Waals surface area contributed by atoms with E-state index in [9.17, 15) is 4.79 Å². The molecule has 0 N–H and O–H groups in total. The van der Waals surface area contributed by atoms with Crippen LogP contribution in [-0.4, -0.2) is 41.9 Å². The van der Waals surface area contributed by atoms with Crippen LogP contribution in [0.1, 0.15) is 30.0 Å². The summed E-state index contributed by atoms with van der Waals surface area (Å²) >= 11 is 0. The standard InChI is InChI=1S/C13H18N4O2/c1-8-6-7-11(12(14-8)13(18)19-5)17-15-9(2)10(3)16(17)4/h6-7,10H,1-5H3. The fourth-order valence-electron chi connectivity index (χ4n) is 1.92. The molecular weight excluding hydrogens is 244 g/mol. The van der Waals surface area contributed by atoms with Gasteiger partial charge in [0.05, 0.1) is 18.9 Å². The van der Waals surface area contributed by atoms with Gasteiger partial charge in [-0.25, -0.2) is 9.78 Å². The van der Waals surface area contributed by atoms with Gasteiger partial charge in [0.15, 0.2) is 5.69 Å². The van der Waals surface area contributed by atoms with Crippen molar-refractivity contribution in [2.75, 3.05) is 19.3 Å². The summed E-state index contributed by atoms with van der Waals surface area (Å²) in [5.41, 5.74) is 2.65. The van der Waals surface area contributed by atoms with Crippen molar-refractivity contribution in [3.05, 3.63) is 23.5 Å². The van der Waals surface area contributed by atoms with Crippen molar-refractivity contribution in [1.82, 2.24) is 9.99 Å². The number of aromatic nitrogens is 1. The van der Waals surface area contributed by atoms with Crippen molar-refractivity contribution in [1.29, 1.82) is 0 Å². The Morgan fingerprint density at radius 3 is 2.58 bits per heavy atom. The van der Waals surface area contributed by atoms with Crippen LogP contribution in [0.4, 0.5) is 5.69 Å². The van der Waals surface area contributed by atoms with E-state index in [0.717, 1.165) is 11.4 Å². The number of esters is 1. The number of methoxy groups -OCH3 is 1. The summed E-state index contributed by atoms with van der Waals surface area (Å²) in [5, 5.41) is 8.10. The maximum absolute atomic E-state index is 11.8. The van der Waals surface area contributed by atoms with Gasteiger partial charge in [0.1, 0.15) is 5.69 Å². The van der Waals surface area contributed by atoms with Crippen molar-refractivity contribution >= 4 is 17.4 Å². The zero-order chi connectivity index (χ0) is 14.2. The highest BCUT2D eigenvalue weighted by Crippen LogP contribution is 2.26. The lowest BCUT2D eigenvalue weighted by molar-refractivity contribution is 0.0593. The van der Waals surface area contributed by atoms with Crippen LogP contribution in [0.2, 0.25) is 0 Å². The molecule has 0 bridgehead atoms. The third-order valence-corrected chi connectivity index (χ3v) is 3.32. The first-order chi connectivity index (χ1) is 8.95. The number of hydrazine groups is 1. The Bertz CT molecular complexity index is 541. The molecular formula is C13H18N4O2. The molecule has 0 saturated heterocycles. The van der Waals surface area contributed by atoms with Gasteiger partial charge in [0.25, 0.3) is 0 Å². The number of ether oxygens (including phenoxy) is 1. The second-order valence-electron chi connectivity index (χ2n) is 4.59. The molecule has 6 heteroatoms. The molecule has 1 unspecified atom stereocenters. The summed E-state index contributed by atoms with van der Waals surface area (Å²) in [5.74, 6) is -0.459. The Hall–Kier alpha value is -1.95. The van der Waals surface area contributed by atoms with Gasteiger partial charge < -0.3 is 4.74 Å². The van der Waals surface area contributed by atoms with Gasteiger partial charge in [-0.15, -0.1) is 0 Å². The van der Waals surface area contributed by atoms with Crippen LogP contribution in [0.5, 0.6) is 0 Å². The molecule has 1 aliphatic heterocycles. The average molecular weight is 262 g/mol. The van der Waals surface area contributed by atoms with E-state index in [1.165, 1.54) is 7.11 Å². The van der Waals surface area contributed by atoms with E-state index in [2.05, 4.69) is 17.0 Å². The number of hydrogen-bond acceptors (Lipinski definition) is 6. The fraction of sp³-hybridized carbons (Fsp3) is 0.462. The average Bonchev–Trinajstić information content (AvgIpc) is 2.65. The summed E-state index contributed by atoms with van der Waals surface area (Å²) in [6.07, 6.45) is 0. The van der Waals surface area contributed by atoms with Crippen molar-refractivity contribution in [2.45, 2.75) is 26.8 Å². The molecule has 1 atom stereocenters. The van der Waals surface area contributed by atoms with Crippen molar-refractivity contribution < 1.29 is 9.53 Å². The summed E-state index contributed by atoms with van der Waals surface area (Å²) in [6, 6.07) is 3.87. The van der Waals surface area contributed by atoms with E-state index >= 15 is 0 Å². The summed E-state index contributed by atoms with van der Waals surface area (Å²) in [6.45, 7) is 5.85. The molecule has 0 aliphatic carbocycles. The van der Waals surface area contributed by atoms with E-state index in [-0.39, 0.29) is 11.7 Å². The number of hydrazone groups is 1. The molecule has 0 saturated carbocycles. The lowest BCUT2D eigenvalue weighted by Gasteiger charge is -2.26. The van der Waals surface area contributed by atoms with Crippen LogP contribution in [-0.2, 0) is 4.74 Å². The third kappa shape index (κ3) is 2.31. The van der Waals surface area contributed by atoms with E-state index in [4.69, 9.17) is 4.74 Å². The minimum Gasteiger partial charge on any atom is -0.464 e. The highest BCUT2D eigenvalue weighted by atomic mass is 16.5. The Morgan fingerprint density at radius 1 is 1.37 bits per heavy atom. The molecule has 0 aromatic carbocycles. The first-order valence-corrected chi connectivity index (χ1v) is 6.09. The number of carbonyl (C=O) groups is 1. The minimum atomic E-state index is -0.459. The van der Waals surface area contributed by atoms with Gasteiger partial charge in [0, 0.05) is 12.7 Å². The van der Waals surface area contributed by atoms with Crippen LogP contribution in [0, 0.1) is 6.92 Å². The first-order valence-electron chi connectivity index (χ1n) is 6.09. The maximum Gasteiger partial charge on any atom is 0.358 e. The first kappa shape index (κ1) is 13.5. The van der Waals surface area contributed by atoms with Gasteiger partial charge in [-0.05, 0) is 32.9 Å². The second kappa shape index (κ2) is 4.97. The fourth-order valence-corrected chi connectivity index (χ4v) is 1.92. The van der Waals surface area contributed by atoms with E-state index in [1.807, 2.05) is 38.0 Å². The quantitative estimate of drug-likeness (QED) is 0.758. The van der Waals surface area contributed by atoms with Gasteiger partial charge in [-0.1, -0.05) is 0 Å². The molecule has 2 rings (SSSR count). The Morgan fingerprint density at radius 2 is 2.05 bits per heavy atom. The van der Waals surface area contributed by atoms with Crippen molar-refractivity contribution in [2.24, 2.45) is 5.10 Å². The van der Waals surface area contributed by atoms with Crippen LogP contribution >= 0.6 is 0 Å². The number of anilines is 1. The molecule has 1 aromatic heterocycles. The number of carbonyl (C=O) groups excluding carboxylic acids is 1. The summed E-state index contributed by atoms with van der Waals surface area (Å²) < 4.78 is 4.79. The molecule has 1 aromatic rings. The van der Waals surface area contributed by atoms with Crippen molar-refractivity contribution in [3.8, 4) is 0 Å². The monoisotopic (exact) mass is 262 g/mol. The normalized spacial score (nSPS) is 19.5. The Kier molecular flexibility index (Phi) is 3.53. The summed E-state index contributed by atoms with van der Waals surface area (Å²) in [4.78, 5) is 16.1. The van der Waals surface area contributed by atoms with Crippen LogP contribution in [0.3, 0.4) is 0 Å². The van der Waals surface area contributed by atoms with Gasteiger partial charge >= 0.3 is 5.97 Å². The van der Waals surface area contributed by atoms with E-state index in [0.29, 0.717) is 5.69 Å². The predicted octanol–water partition coefficient (Wildman–Crippen LogP) is 1.61. The Labute approximate surface area is 112 Å².